The minimum atomic E-state index is -3.42. The lowest BCUT2D eigenvalue weighted by Gasteiger charge is -2.23. The van der Waals surface area contributed by atoms with Gasteiger partial charge in [0, 0.05) is 23.6 Å². The van der Waals surface area contributed by atoms with Gasteiger partial charge in [0.2, 0.25) is 10.0 Å². The highest BCUT2D eigenvalue weighted by Crippen LogP contribution is 2.35. The van der Waals surface area contributed by atoms with E-state index in [0.29, 0.717) is 18.0 Å². The van der Waals surface area contributed by atoms with E-state index in [2.05, 4.69) is 21.2 Å². The fraction of sp³-hybridized carbons (Fsp3) is 0.600. The van der Waals surface area contributed by atoms with Crippen molar-refractivity contribution in [3.8, 4) is 0 Å². The van der Waals surface area contributed by atoms with Gasteiger partial charge in [0.15, 0.2) is 0 Å². The summed E-state index contributed by atoms with van der Waals surface area (Å²) < 4.78 is 28.6. The second-order valence-electron chi connectivity index (χ2n) is 5.58. The van der Waals surface area contributed by atoms with E-state index >= 15 is 0 Å². The van der Waals surface area contributed by atoms with Crippen molar-refractivity contribution in [1.29, 1.82) is 0 Å². The number of nitrogens with zero attached hydrogens (tertiary/aromatic N) is 1. The molecule has 1 aliphatic carbocycles. The molecule has 1 aliphatic rings. The molecule has 1 fully saturated rings. The first-order valence-corrected chi connectivity index (χ1v) is 9.60. The highest BCUT2D eigenvalue weighted by Gasteiger charge is 2.38. The van der Waals surface area contributed by atoms with Crippen LogP contribution in [0.3, 0.4) is 0 Å². The third kappa shape index (κ3) is 3.67. The SMILES string of the molecule is CCCN(C1CC1)S(=O)(=O)c1cc(CNC)cc(Br)c1C. The molecule has 0 bridgehead atoms. The van der Waals surface area contributed by atoms with Gasteiger partial charge in [-0.25, -0.2) is 8.42 Å². The van der Waals surface area contributed by atoms with Gasteiger partial charge < -0.3 is 5.32 Å². The van der Waals surface area contributed by atoms with E-state index in [9.17, 15) is 8.42 Å². The van der Waals surface area contributed by atoms with Crippen molar-refractivity contribution in [1.82, 2.24) is 9.62 Å². The number of rotatable bonds is 7. The van der Waals surface area contributed by atoms with Crippen LogP contribution in [0, 0.1) is 6.92 Å². The highest BCUT2D eigenvalue weighted by molar-refractivity contribution is 9.10. The molecule has 0 saturated heterocycles. The van der Waals surface area contributed by atoms with Crippen molar-refractivity contribution in [2.75, 3.05) is 13.6 Å². The lowest BCUT2D eigenvalue weighted by Crippen LogP contribution is -2.34. The molecule has 0 heterocycles. The zero-order valence-electron chi connectivity index (χ0n) is 12.8. The molecule has 0 unspecified atom stereocenters. The summed E-state index contributed by atoms with van der Waals surface area (Å²) in [4.78, 5) is 0.433. The number of benzene rings is 1. The molecule has 1 aromatic rings. The van der Waals surface area contributed by atoms with E-state index in [1.165, 1.54) is 0 Å². The fourth-order valence-electron chi connectivity index (χ4n) is 2.49. The molecule has 21 heavy (non-hydrogen) atoms. The minimum Gasteiger partial charge on any atom is -0.316 e. The largest absolute Gasteiger partial charge is 0.316 e. The Morgan fingerprint density at radius 3 is 2.57 bits per heavy atom. The molecule has 118 valence electrons. The summed E-state index contributed by atoms with van der Waals surface area (Å²) in [5.41, 5.74) is 1.76. The van der Waals surface area contributed by atoms with Crippen LogP contribution in [0.15, 0.2) is 21.5 Å². The van der Waals surface area contributed by atoms with Gasteiger partial charge in [-0.3, -0.25) is 0 Å². The maximum absolute atomic E-state index is 13.0. The van der Waals surface area contributed by atoms with Crippen LogP contribution < -0.4 is 5.32 Å². The predicted octanol–water partition coefficient (Wildman–Crippen LogP) is 3.04. The highest BCUT2D eigenvalue weighted by atomic mass is 79.9. The molecular formula is C15H23BrN2O2S. The maximum Gasteiger partial charge on any atom is 0.243 e. The van der Waals surface area contributed by atoms with Gasteiger partial charge in [-0.05, 0) is 56.5 Å². The number of hydrogen-bond donors (Lipinski definition) is 1. The molecule has 0 spiro atoms. The molecule has 2 rings (SSSR count). The standard InChI is InChI=1S/C15H23BrN2O2S/c1-4-7-18(13-5-6-13)21(19,20)15-9-12(10-17-3)8-14(16)11(15)2/h8-9,13,17H,4-7,10H2,1-3H3. The van der Waals surface area contributed by atoms with Gasteiger partial charge >= 0.3 is 0 Å². The van der Waals surface area contributed by atoms with Crippen LogP contribution >= 0.6 is 15.9 Å². The molecule has 1 saturated carbocycles. The Balaban J connectivity index is 2.47. The Bertz CT molecular complexity index is 612. The molecule has 6 heteroatoms. The minimum absolute atomic E-state index is 0.195. The molecule has 0 aromatic heterocycles. The van der Waals surface area contributed by atoms with E-state index in [-0.39, 0.29) is 6.04 Å². The van der Waals surface area contributed by atoms with Crippen LogP contribution in [-0.2, 0) is 16.6 Å². The molecule has 1 N–H and O–H groups in total. The zero-order valence-corrected chi connectivity index (χ0v) is 15.2. The zero-order chi connectivity index (χ0) is 15.6. The average Bonchev–Trinajstić information content (AvgIpc) is 3.24. The summed E-state index contributed by atoms with van der Waals surface area (Å²) in [5, 5.41) is 3.07. The molecule has 0 amide bonds. The lowest BCUT2D eigenvalue weighted by atomic mass is 10.1. The number of nitrogens with one attached hydrogen (secondary N) is 1. The average molecular weight is 375 g/mol. The summed E-state index contributed by atoms with van der Waals surface area (Å²) in [7, 11) is -1.56. The first-order chi connectivity index (χ1) is 9.91. The van der Waals surface area contributed by atoms with Crippen molar-refractivity contribution in [3.63, 3.8) is 0 Å². The van der Waals surface area contributed by atoms with E-state index in [1.54, 1.807) is 10.4 Å². The van der Waals surface area contributed by atoms with E-state index in [1.807, 2.05) is 27.0 Å². The van der Waals surface area contributed by atoms with Gasteiger partial charge in [-0.2, -0.15) is 4.31 Å². The van der Waals surface area contributed by atoms with Crippen LogP contribution in [0.1, 0.15) is 37.3 Å². The smallest absolute Gasteiger partial charge is 0.243 e. The van der Waals surface area contributed by atoms with Crippen LogP contribution in [-0.4, -0.2) is 32.4 Å². The monoisotopic (exact) mass is 374 g/mol. The van der Waals surface area contributed by atoms with Crippen LogP contribution in [0.4, 0.5) is 0 Å². The summed E-state index contributed by atoms with van der Waals surface area (Å²) in [5.74, 6) is 0. The van der Waals surface area contributed by atoms with Crippen LogP contribution in [0.5, 0.6) is 0 Å². The van der Waals surface area contributed by atoms with E-state index < -0.39 is 10.0 Å². The first kappa shape index (κ1) is 16.9. The lowest BCUT2D eigenvalue weighted by molar-refractivity contribution is 0.403. The third-order valence-electron chi connectivity index (χ3n) is 3.72. The Morgan fingerprint density at radius 1 is 1.38 bits per heavy atom. The normalized spacial score (nSPS) is 15.7. The molecule has 1 aromatic carbocycles. The Labute approximate surface area is 136 Å². The Morgan fingerprint density at radius 2 is 2.05 bits per heavy atom. The van der Waals surface area contributed by atoms with Crippen molar-refractivity contribution >= 4 is 26.0 Å². The second kappa shape index (κ2) is 6.77. The number of hydrogen-bond acceptors (Lipinski definition) is 3. The van der Waals surface area contributed by atoms with Gasteiger partial charge in [-0.1, -0.05) is 22.9 Å². The molecule has 4 nitrogen and oxygen atoms in total. The van der Waals surface area contributed by atoms with Gasteiger partial charge in [0.25, 0.3) is 0 Å². The summed E-state index contributed by atoms with van der Waals surface area (Å²) in [6.07, 6.45) is 2.80. The summed E-state index contributed by atoms with van der Waals surface area (Å²) >= 11 is 3.49. The number of halogens is 1. The summed E-state index contributed by atoms with van der Waals surface area (Å²) in [6.45, 7) is 5.13. The van der Waals surface area contributed by atoms with Crippen LogP contribution in [0.2, 0.25) is 0 Å². The topological polar surface area (TPSA) is 49.4 Å². The molecular weight excluding hydrogens is 352 g/mol. The van der Waals surface area contributed by atoms with Gasteiger partial charge in [-0.15, -0.1) is 0 Å². The quantitative estimate of drug-likeness (QED) is 0.797. The fourth-order valence-corrected chi connectivity index (χ4v) is 5.20. The first-order valence-electron chi connectivity index (χ1n) is 7.37. The van der Waals surface area contributed by atoms with Gasteiger partial charge in [0.1, 0.15) is 0 Å². The van der Waals surface area contributed by atoms with Crippen molar-refractivity contribution in [2.45, 2.75) is 50.6 Å². The maximum atomic E-state index is 13.0. The Hall–Kier alpha value is -0.430. The van der Waals surface area contributed by atoms with E-state index in [0.717, 1.165) is 34.9 Å². The van der Waals surface area contributed by atoms with Crippen molar-refractivity contribution in [2.24, 2.45) is 0 Å². The van der Waals surface area contributed by atoms with Crippen LogP contribution in [0.25, 0.3) is 0 Å². The Kier molecular flexibility index (Phi) is 5.46. The van der Waals surface area contributed by atoms with Crippen molar-refractivity contribution in [3.05, 3.63) is 27.7 Å². The predicted molar refractivity (Wildman–Crippen MR) is 88.8 cm³/mol. The molecule has 0 atom stereocenters. The second-order valence-corrected chi connectivity index (χ2v) is 8.29. The molecule has 0 radical (unpaired) electrons. The third-order valence-corrected chi connectivity index (χ3v) is 6.62. The van der Waals surface area contributed by atoms with E-state index in [4.69, 9.17) is 0 Å². The van der Waals surface area contributed by atoms with Crippen molar-refractivity contribution < 1.29 is 8.42 Å². The summed E-state index contributed by atoms with van der Waals surface area (Å²) in [6, 6.07) is 3.98. The molecule has 0 aliphatic heterocycles. The number of sulfonamides is 1. The van der Waals surface area contributed by atoms with Gasteiger partial charge in [0.05, 0.1) is 4.90 Å².